The number of amides is 3. The Kier molecular flexibility index (Phi) is 11.4. The van der Waals surface area contributed by atoms with Gasteiger partial charge in [0, 0.05) is 53.2 Å². The Labute approximate surface area is 289 Å². The van der Waals surface area contributed by atoms with E-state index in [0.29, 0.717) is 49.0 Å². The van der Waals surface area contributed by atoms with Crippen LogP contribution in [0.2, 0.25) is 0 Å². The van der Waals surface area contributed by atoms with Crippen LogP contribution in [0.4, 0.5) is 5.69 Å². The molecule has 0 unspecified atom stereocenters. The molecule has 49 heavy (non-hydrogen) atoms. The zero-order valence-corrected chi connectivity index (χ0v) is 28.9. The Hall–Kier alpha value is -5.07. The number of nitrogens with two attached hydrogens (primary N) is 1. The Bertz CT molecular complexity index is 1880. The second-order valence-corrected chi connectivity index (χ2v) is 13.0. The van der Waals surface area contributed by atoms with E-state index in [-0.39, 0.29) is 40.5 Å². The highest BCUT2D eigenvalue weighted by Crippen LogP contribution is 2.43. The maximum Gasteiger partial charge on any atom is 0.357 e. The predicted molar refractivity (Wildman–Crippen MR) is 190 cm³/mol. The van der Waals surface area contributed by atoms with E-state index < -0.39 is 17.8 Å². The van der Waals surface area contributed by atoms with Gasteiger partial charge in [0.1, 0.15) is 11.4 Å². The molecule has 0 bridgehead atoms. The minimum absolute atomic E-state index is 0.0333. The van der Waals surface area contributed by atoms with Crippen LogP contribution in [-0.4, -0.2) is 55.5 Å². The average molecular weight is 684 g/mol. The molecule has 2 aromatic carbocycles. The third kappa shape index (κ3) is 7.98. The second kappa shape index (κ2) is 15.9. The lowest BCUT2D eigenvalue weighted by Gasteiger charge is -2.18. The maximum absolute atomic E-state index is 14.4. The van der Waals surface area contributed by atoms with Crippen LogP contribution < -0.4 is 26.4 Å². The molecule has 0 aliphatic carbocycles. The topological polar surface area (TPSA) is 162 Å². The van der Waals surface area contributed by atoms with Gasteiger partial charge in [-0.2, -0.15) is 0 Å². The molecule has 3 amide bonds. The minimum Gasteiger partial charge on any atom is -0.493 e. The standard InChI is InChI=1S/C37H41N5O6S/c1-5-13-39-36(45)30-9-7-24(32(41-30)37(46)47-4)25-19-31-28(33-23(11-15-48-31)12-16-49-33)18-26(25)35(44)42-29-8-6-22(20-38)17-27(29)34(43)40-14-10-21(2)3/h6-9,12,16-19,21H,5,10-11,13-15,20,38H2,1-4H3,(H,39,45)(H,40,43)(H,42,44). The number of rotatable bonds is 12. The second-order valence-electron chi connectivity index (χ2n) is 12.1. The summed E-state index contributed by atoms with van der Waals surface area (Å²) in [6.45, 7) is 7.63. The number of pyridine rings is 1. The van der Waals surface area contributed by atoms with E-state index in [1.165, 1.54) is 13.2 Å². The molecule has 5 rings (SSSR count). The fraction of sp³-hybridized carbons (Fsp3) is 0.324. The molecule has 5 N–H and O–H groups in total. The highest BCUT2D eigenvalue weighted by molar-refractivity contribution is 7.13. The number of hydrogen-bond donors (Lipinski definition) is 4. The quantitative estimate of drug-likeness (QED) is 0.136. The van der Waals surface area contributed by atoms with Crippen LogP contribution in [0.3, 0.4) is 0 Å². The first-order valence-corrected chi connectivity index (χ1v) is 17.2. The summed E-state index contributed by atoms with van der Waals surface area (Å²) in [7, 11) is 1.22. The van der Waals surface area contributed by atoms with E-state index in [9.17, 15) is 19.2 Å². The van der Waals surface area contributed by atoms with Gasteiger partial charge in [-0.25, -0.2) is 9.78 Å². The summed E-state index contributed by atoms with van der Waals surface area (Å²) >= 11 is 1.54. The molecule has 12 heteroatoms. The monoisotopic (exact) mass is 683 g/mol. The summed E-state index contributed by atoms with van der Waals surface area (Å²) in [6, 6.07) is 13.7. The summed E-state index contributed by atoms with van der Waals surface area (Å²) in [5, 5.41) is 10.7. The number of esters is 1. The highest BCUT2D eigenvalue weighted by atomic mass is 32.1. The van der Waals surface area contributed by atoms with Gasteiger partial charge in [-0.15, -0.1) is 11.3 Å². The van der Waals surface area contributed by atoms with E-state index in [1.807, 2.05) is 18.4 Å². The molecule has 0 saturated carbocycles. The van der Waals surface area contributed by atoms with Crippen molar-refractivity contribution in [3.05, 3.63) is 87.6 Å². The number of carbonyl (C=O) groups excluding carboxylic acids is 4. The lowest BCUT2D eigenvalue weighted by molar-refractivity contribution is 0.0594. The van der Waals surface area contributed by atoms with Crippen molar-refractivity contribution in [1.82, 2.24) is 15.6 Å². The maximum atomic E-state index is 14.4. The van der Waals surface area contributed by atoms with Gasteiger partial charge in [-0.1, -0.05) is 26.8 Å². The van der Waals surface area contributed by atoms with Crippen molar-refractivity contribution in [1.29, 1.82) is 0 Å². The van der Waals surface area contributed by atoms with Gasteiger partial charge < -0.3 is 31.2 Å². The highest BCUT2D eigenvalue weighted by Gasteiger charge is 2.27. The fourth-order valence-corrected chi connectivity index (χ4v) is 6.46. The SMILES string of the molecule is CCCNC(=O)c1ccc(-c2cc3c(cc2C(=O)Nc2ccc(CN)cc2C(=O)NCCC(C)C)-c2sccc2CCO3)c(C(=O)OC)n1. The zero-order valence-electron chi connectivity index (χ0n) is 28.1. The van der Waals surface area contributed by atoms with Crippen molar-refractivity contribution in [3.63, 3.8) is 0 Å². The minimum atomic E-state index is -0.777. The van der Waals surface area contributed by atoms with E-state index in [0.717, 1.165) is 34.4 Å². The number of anilines is 1. The molecule has 0 radical (unpaired) electrons. The van der Waals surface area contributed by atoms with Crippen molar-refractivity contribution < 1.29 is 28.7 Å². The van der Waals surface area contributed by atoms with E-state index in [1.54, 1.807) is 47.7 Å². The molecule has 0 saturated heterocycles. The first-order chi connectivity index (χ1) is 23.6. The summed E-state index contributed by atoms with van der Waals surface area (Å²) in [6.07, 6.45) is 2.21. The van der Waals surface area contributed by atoms with Crippen LogP contribution in [0.15, 0.2) is 53.9 Å². The molecule has 4 aromatic rings. The normalized spacial score (nSPS) is 11.9. The van der Waals surface area contributed by atoms with Crippen LogP contribution in [0.25, 0.3) is 21.6 Å². The van der Waals surface area contributed by atoms with Gasteiger partial charge in [0.15, 0.2) is 5.69 Å². The van der Waals surface area contributed by atoms with Crippen molar-refractivity contribution in [2.24, 2.45) is 11.7 Å². The lowest BCUT2D eigenvalue weighted by Crippen LogP contribution is -2.27. The number of aromatic nitrogens is 1. The fourth-order valence-electron chi connectivity index (χ4n) is 5.49. The first-order valence-electron chi connectivity index (χ1n) is 16.3. The first kappa shape index (κ1) is 35.2. The van der Waals surface area contributed by atoms with E-state index >= 15 is 0 Å². The van der Waals surface area contributed by atoms with Gasteiger partial charge >= 0.3 is 5.97 Å². The summed E-state index contributed by atoms with van der Waals surface area (Å²) in [4.78, 5) is 59.1. The van der Waals surface area contributed by atoms with E-state index in [2.05, 4.69) is 34.8 Å². The predicted octanol–water partition coefficient (Wildman–Crippen LogP) is 5.83. The molecule has 1 aliphatic heterocycles. The molecular weight excluding hydrogens is 643 g/mol. The molecule has 11 nitrogen and oxygen atoms in total. The van der Waals surface area contributed by atoms with E-state index in [4.69, 9.17) is 15.2 Å². The van der Waals surface area contributed by atoms with Gasteiger partial charge in [-0.05, 0) is 77.7 Å². The number of carbonyl (C=O) groups is 4. The van der Waals surface area contributed by atoms with Crippen LogP contribution in [0.5, 0.6) is 5.75 Å². The molecule has 0 fully saturated rings. The lowest BCUT2D eigenvalue weighted by atomic mass is 9.93. The number of fused-ring (bicyclic) bond motifs is 3. The Balaban J connectivity index is 1.64. The average Bonchev–Trinajstić information content (AvgIpc) is 3.50. The Morgan fingerprint density at radius 2 is 1.73 bits per heavy atom. The molecule has 2 aromatic heterocycles. The zero-order chi connectivity index (χ0) is 35.1. The van der Waals surface area contributed by atoms with Crippen LogP contribution >= 0.6 is 11.3 Å². The van der Waals surface area contributed by atoms with Gasteiger partial charge in [0.05, 0.1) is 25.0 Å². The number of nitrogens with one attached hydrogen (secondary N) is 3. The van der Waals surface area contributed by atoms with Crippen LogP contribution in [0.1, 0.15) is 86.4 Å². The Morgan fingerprint density at radius 1 is 0.939 bits per heavy atom. The number of hydrogen-bond acceptors (Lipinski definition) is 9. The summed E-state index contributed by atoms with van der Waals surface area (Å²) in [5.74, 6) is -1.14. The molecular formula is C37H41N5O6S. The molecule has 0 spiro atoms. The van der Waals surface area contributed by atoms with Crippen molar-refractivity contribution >= 4 is 40.7 Å². The third-order valence-corrected chi connectivity index (χ3v) is 9.13. The molecule has 3 heterocycles. The van der Waals surface area contributed by atoms with Crippen molar-refractivity contribution in [2.75, 3.05) is 32.1 Å². The number of methoxy groups -OCH3 is 1. The molecule has 1 aliphatic rings. The molecule has 0 atom stereocenters. The van der Waals surface area contributed by atoms with Crippen molar-refractivity contribution in [2.45, 2.75) is 46.6 Å². The number of ether oxygens (including phenoxy) is 2. The van der Waals surface area contributed by atoms with Crippen LogP contribution in [0, 0.1) is 5.92 Å². The third-order valence-electron chi connectivity index (χ3n) is 8.14. The van der Waals surface area contributed by atoms with Gasteiger partial charge in [0.25, 0.3) is 17.7 Å². The smallest absolute Gasteiger partial charge is 0.357 e. The van der Waals surface area contributed by atoms with Crippen molar-refractivity contribution in [3.8, 4) is 27.3 Å². The largest absolute Gasteiger partial charge is 0.493 e. The van der Waals surface area contributed by atoms with Gasteiger partial charge in [0.2, 0.25) is 0 Å². The number of thiophene rings is 1. The Morgan fingerprint density at radius 3 is 2.47 bits per heavy atom. The number of nitrogens with zero attached hydrogens (tertiary/aromatic N) is 1. The number of benzene rings is 2. The van der Waals surface area contributed by atoms with Gasteiger partial charge in [-0.3, -0.25) is 14.4 Å². The van der Waals surface area contributed by atoms with Crippen LogP contribution in [-0.2, 0) is 17.7 Å². The summed E-state index contributed by atoms with van der Waals surface area (Å²) in [5.41, 5.74) is 9.74. The molecule has 256 valence electrons. The summed E-state index contributed by atoms with van der Waals surface area (Å²) < 4.78 is 11.2.